The first kappa shape index (κ1) is 20.7. The maximum absolute atomic E-state index is 14.2. The van der Waals surface area contributed by atoms with Crippen LogP contribution < -0.4 is 10.6 Å². The van der Waals surface area contributed by atoms with Crippen LogP contribution in [0.3, 0.4) is 0 Å². The molecule has 2 N–H and O–H groups in total. The monoisotopic (exact) mass is 407 g/mol. The van der Waals surface area contributed by atoms with E-state index in [1.807, 2.05) is 17.7 Å². The van der Waals surface area contributed by atoms with Gasteiger partial charge < -0.3 is 10.6 Å². The van der Waals surface area contributed by atoms with Crippen LogP contribution in [-0.4, -0.2) is 34.0 Å². The molecule has 1 saturated heterocycles. The van der Waals surface area contributed by atoms with Crippen molar-refractivity contribution in [3.05, 3.63) is 46.5 Å². The molecular formula is C20H27ClFN5O. The molecule has 1 amide bonds. The summed E-state index contributed by atoms with van der Waals surface area (Å²) >= 11 is 0. The highest BCUT2D eigenvalue weighted by molar-refractivity contribution is 5.93. The van der Waals surface area contributed by atoms with E-state index in [-0.39, 0.29) is 42.1 Å². The van der Waals surface area contributed by atoms with Gasteiger partial charge in [-0.2, -0.15) is 0 Å². The fourth-order valence-electron chi connectivity index (χ4n) is 4.35. The van der Waals surface area contributed by atoms with Crippen LogP contribution in [-0.2, 0) is 6.42 Å². The van der Waals surface area contributed by atoms with Crippen molar-refractivity contribution in [2.45, 2.75) is 51.6 Å². The van der Waals surface area contributed by atoms with Crippen LogP contribution in [0, 0.1) is 18.7 Å². The molecule has 1 aliphatic carbocycles. The van der Waals surface area contributed by atoms with Crippen LogP contribution in [0.4, 0.5) is 4.39 Å². The molecule has 0 spiro atoms. The summed E-state index contributed by atoms with van der Waals surface area (Å²) in [6.45, 7) is 5.90. The third kappa shape index (κ3) is 3.78. The lowest BCUT2D eigenvalue weighted by Crippen LogP contribution is -2.36. The van der Waals surface area contributed by atoms with Gasteiger partial charge in [-0.25, -0.2) is 9.07 Å². The van der Waals surface area contributed by atoms with Crippen LogP contribution in [0.1, 0.15) is 65.6 Å². The molecule has 28 heavy (non-hydrogen) atoms. The first-order valence-electron chi connectivity index (χ1n) is 9.77. The number of carbonyl (C=O) groups excluding carboxylic acids is 1. The lowest BCUT2D eigenvalue weighted by atomic mass is 9.80. The van der Waals surface area contributed by atoms with Crippen molar-refractivity contribution >= 4 is 18.3 Å². The second-order valence-corrected chi connectivity index (χ2v) is 7.72. The summed E-state index contributed by atoms with van der Waals surface area (Å²) in [5.41, 5.74) is 2.76. The molecule has 6 nitrogen and oxygen atoms in total. The Bertz CT molecular complexity index is 849. The zero-order chi connectivity index (χ0) is 19.0. The summed E-state index contributed by atoms with van der Waals surface area (Å²) < 4.78 is 16.0. The Kier molecular flexibility index (Phi) is 6.35. The van der Waals surface area contributed by atoms with Crippen LogP contribution in [0.15, 0.2) is 18.2 Å². The lowest BCUT2D eigenvalue weighted by molar-refractivity contribution is 0.0913. The molecule has 4 rings (SSSR count). The molecule has 2 aromatic rings. The van der Waals surface area contributed by atoms with Crippen molar-refractivity contribution in [2.24, 2.45) is 5.92 Å². The summed E-state index contributed by atoms with van der Waals surface area (Å²) in [6, 6.07) is 5.19. The van der Waals surface area contributed by atoms with Gasteiger partial charge in [0.05, 0.1) is 17.8 Å². The van der Waals surface area contributed by atoms with E-state index >= 15 is 0 Å². The fourth-order valence-corrected chi connectivity index (χ4v) is 4.35. The molecule has 0 saturated carbocycles. The zero-order valence-electron chi connectivity index (χ0n) is 16.2. The summed E-state index contributed by atoms with van der Waals surface area (Å²) in [5, 5.41) is 14.8. The van der Waals surface area contributed by atoms with Gasteiger partial charge in [-0.1, -0.05) is 24.3 Å². The topological polar surface area (TPSA) is 71.8 Å². The minimum atomic E-state index is -0.235. The van der Waals surface area contributed by atoms with Crippen molar-refractivity contribution in [3.63, 3.8) is 0 Å². The molecule has 2 unspecified atom stereocenters. The van der Waals surface area contributed by atoms with Crippen molar-refractivity contribution in [3.8, 4) is 0 Å². The van der Waals surface area contributed by atoms with Gasteiger partial charge in [-0.3, -0.25) is 4.79 Å². The molecule has 1 aromatic carbocycles. The molecule has 2 heterocycles. The highest BCUT2D eigenvalue weighted by Gasteiger charge is 2.31. The van der Waals surface area contributed by atoms with Crippen LogP contribution in [0.5, 0.6) is 0 Å². The lowest BCUT2D eigenvalue weighted by Gasteiger charge is -2.32. The zero-order valence-corrected chi connectivity index (χ0v) is 17.1. The second kappa shape index (κ2) is 8.57. The number of hydrogen-bond acceptors (Lipinski definition) is 4. The molecule has 2 atom stereocenters. The smallest absolute Gasteiger partial charge is 0.274 e. The maximum Gasteiger partial charge on any atom is 0.274 e. The predicted molar refractivity (Wildman–Crippen MR) is 107 cm³/mol. The Morgan fingerprint density at radius 3 is 2.79 bits per heavy atom. The minimum Gasteiger partial charge on any atom is -0.343 e. The van der Waals surface area contributed by atoms with Gasteiger partial charge in [-0.05, 0) is 68.8 Å². The number of rotatable bonds is 3. The summed E-state index contributed by atoms with van der Waals surface area (Å²) in [6.07, 6.45) is 3.52. The first-order chi connectivity index (χ1) is 13.1. The van der Waals surface area contributed by atoms with Gasteiger partial charge in [0, 0.05) is 0 Å². The Morgan fingerprint density at radius 1 is 1.29 bits per heavy atom. The van der Waals surface area contributed by atoms with Gasteiger partial charge in [0.1, 0.15) is 5.82 Å². The first-order valence-corrected chi connectivity index (χ1v) is 9.77. The Morgan fingerprint density at radius 2 is 2.04 bits per heavy atom. The predicted octanol–water partition coefficient (Wildman–Crippen LogP) is 3.13. The average molecular weight is 408 g/mol. The van der Waals surface area contributed by atoms with Gasteiger partial charge in [0.25, 0.3) is 5.91 Å². The van der Waals surface area contributed by atoms with Crippen molar-refractivity contribution in [2.75, 3.05) is 13.1 Å². The number of carbonyl (C=O) groups is 1. The van der Waals surface area contributed by atoms with E-state index in [0.717, 1.165) is 49.2 Å². The van der Waals surface area contributed by atoms with E-state index in [1.54, 1.807) is 6.07 Å². The third-order valence-electron chi connectivity index (χ3n) is 5.99. The maximum atomic E-state index is 14.2. The third-order valence-corrected chi connectivity index (χ3v) is 5.99. The largest absolute Gasteiger partial charge is 0.343 e. The SMILES string of the molecule is Cc1c(C(=O)NC2c3cccc(F)c3CCC2C)nnn1C1CCNCC1.Cl. The van der Waals surface area contributed by atoms with Crippen molar-refractivity contribution in [1.82, 2.24) is 25.6 Å². The molecule has 1 aromatic heterocycles. The van der Waals surface area contributed by atoms with Gasteiger partial charge in [-0.15, -0.1) is 17.5 Å². The van der Waals surface area contributed by atoms with E-state index in [2.05, 4.69) is 27.9 Å². The molecule has 1 fully saturated rings. The van der Waals surface area contributed by atoms with E-state index < -0.39 is 0 Å². The van der Waals surface area contributed by atoms with Gasteiger partial charge in [0.15, 0.2) is 5.69 Å². The molecule has 0 bridgehead atoms. The normalized spacial score (nSPS) is 22.2. The second-order valence-electron chi connectivity index (χ2n) is 7.72. The number of hydrogen-bond donors (Lipinski definition) is 2. The molecule has 152 valence electrons. The number of fused-ring (bicyclic) bond motifs is 1. The molecule has 1 aliphatic heterocycles. The van der Waals surface area contributed by atoms with E-state index in [1.165, 1.54) is 6.07 Å². The Hall–Kier alpha value is -1.99. The van der Waals surface area contributed by atoms with Crippen molar-refractivity contribution < 1.29 is 9.18 Å². The van der Waals surface area contributed by atoms with Crippen LogP contribution >= 0.6 is 12.4 Å². The van der Waals surface area contributed by atoms with Crippen LogP contribution in [0.25, 0.3) is 0 Å². The molecule has 2 aliphatic rings. The van der Waals surface area contributed by atoms with Crippen molar-refractivity contribution in [1.29, 1.82) is 0 Å². The average Bonchev–Trinajstić information content (AvgIpc) is 3.06. The quantitative estimate of drug-likeness (QED) is 0.820. The summed E-state index contributed by atoms with van der Waals surface area (Å²) in [5.74, 6) is -0.184. The van der Waals surface area contributed by atoms with Crippen LogP contribution in [0.2, 0.25) is 0 Å². The Labute approximate surface area is 170 Å². The molecule has 8 heteroatoms. The number of amides is 1. The Balaban J connectivity index is 0.00000225. The number of benzene rings is 1. The summed E-state index contributed by atoms with van der Waals surface area (Å²) in [4.78, 5) is 12.9. The molecule has 0 radical (unpaired) electrons. The van der Waals surface area contributed by atoms with Gasteiger partial charge >= 0.3 is 0 Å². The van der Waals surface area contributed by atoms with E-state index in [0.29, 0.717) is 12.1 Å². The highest BCUT2D eigenvalue weighted by atomic mass is 35.5. The minimum absolute atomic E-state index is 0. The molecular weight excluding hydrogens is 381 g/mol. The number of nitrogens with zero attached hydrogens (tertiary/aromatic N) is 3. The highest BCUT2D eigenvalue weighted by Crippen LogP contribution is 2.35. The number of aromatic nitrogens is 3. The number of halogens is 2. The van der Waals surface area contributed by atoms with E-state index in [9.17, 15) is 9.18 Å². The number of nitrogens with one attached hydrogen (secondary N) is 2. The standard InChI is InChI=1S/C20H26FN5O.ClH/c1-12-6-7-15-16(4-3-5-17(15)21)18(12)23-20(27)19-13(2)26(25-24-19)14-8-10-22-11-9-14;/h3-5,12,14,18,22H,6-11H2,1-2H3,(H,23,27);1H. The van der Waals surface area contributed by atoms with E-state index in [4.69, 9.17) is 0 Å². The number of piperidine rings is 1. The summed E-state index contributed by atoms with van der Waals surface area (Å²) in [7, 11) is 0. The van der Waals surface area contributed by atoms with Gasteiger partial charge in [0.2, 0.25) is 0 Å². The fraction of sp³-hybridized carbons (Fsp3) is 0.550.